The Balaban J connectivity index is 2.22. The molecular weight excluding hydrogens is 240 g/mol. The lowest BCUT2D eigenvalue weighted by Gasteiger charge is -2.06. The number of H-pyrrole nitrogens is 1. The first-order chi connectivity index (χ1) is 9.25. The van der Waals surface area contributed by atoms with Crippen LogP contribution in [0.4, 0.5) is 5.69 Å². The molecule has 0 amide bonds. The number of pyridine rings is 1. The van der Waals surface area contributed by atoms with E-state index in [1.54, 1.807) is 18.4 Å². The van der Waals surface area contributed by atoms with Gasteiger partial charge in [0.2, 0.25) is 0 Å². The zero-order chi connectivity index (χ0) is 13.2. The summed E-state index contributed by atoms with van der Waals surface area (Å²) in [4.78, 5) is 14.7. The summed E-state index contributed by atoms with van der Waals surface area (Å²) in [5.41, 5.74) is 7.91. The fourth-order valence-corrected chi connectivity index (χ4v) is 1.98. The largest absolute Gasteiger partial charge is 0.464 e. The van der Waals surface area contributed by atoms with E-state index in [2.05, 4.69) is 4.98 Å². The van der Waals surface area contributed by atoms with E-state index in [0.717, 1.165) is 5.56 Å². The monoisotopic (exact) mass is 252 g/mol. The first-order valence-corrected chi connectivity index (χ1v) is 5.88. The van der Waals surface area contributed by atoms with Gasteiger partial charge in [-0.1, -0.05) is 30.3 Å². The Morgan fingerprint density at radius 2 is 1.84 bits per heavy atom. The molecule has 0 saturated carbocycles. The second kappa shape index (κ2) is 4.49. The summed E-state index contributed by atoms with van der Waals surface area (Å²) in [6.45, 7) is 0. The summed E-state index contributed by atoms with van der Waals surface area (Å²) < 4.78 is 5.31. The summed E-state index contributed by atoms with van der Waals surface area (Å²) in [6.07, 6.45) is 1.55. The van der Waals surface area contributed by atoms with Crippen LogP contribution >= 0.6 is 0 Å². The quantitative estimate of drug-likeness (QED) is 0.736. The van der Waals surface area contributed by atoms with Crippen LogP contribution in [-0.4, -0.2) is 4.98 Å². The number of aromatic nitrogens is 1. The fourth-order valence-electron chi connectivity index (χ4n) is 1.98. The molecule has 3 N–H and O–H groups in total. The van der Waals surface area contributed by atoms with E-state index in [1.165, 1.54) is 0 Å². The third-order valence-corrected chi connectivity index (χ3v) is 2.94. The Bertz CT molecular complexity index is 744. The van der Waals surface area contributed by atoms with Gasteiger partial charge in [-0.05, 0) is 23.8 Å². The topological polar surface area (TPSA) is 72.0 Å². The minimum absolute atomic E-state index is 0.162. The van der Waals surface area contributed by atoms with Gasteiger partial charge in [-0.25, -0.2) is 0 Å². The van der Waals surface area contributed by atoms with Crippen molar-refractivity contribution in [3.8, 4) is 22.6 Å². The van der Waals surface area contributed by atoms with Crippen LogP contribution in [0.1, 0.15) is 0 Å². The molecule has 0 fully saturated rings. The number of rotatable bonds is 2. The molecular formula is C15H12N2O2. The number of nitrogens with two attached hydrogens (primary N) is 1. The molecule has 0 aliphatic heterocycles. The number of nitrogen functional groups attached to an aromatic ring is 1. The molecule has 0 radical (unpaired) electrons. The molecule has 1 aromatic carbocycles. The third-order valence-electron chi connectivity index (χ3n) is 2.94. The van der Waals surface area contributed by atoms with E-state index in [9.17, 15) is 4.79 Å². The lowest BCUT2D eigenvalue weighted by molar-refractivity contribution is 0.582. The van der Waals surface area contributed by atoms with Crippen LogP contribution in [0.15, 0.2) is 64.0 Å². The summed E-state index contributed by atoms with van der Waals surface area (Å²) >= 11 is 0. The predicted octanol–water partition coefficient (Wildman–Crippen LogP) is 2.88. The van der Waals surface area contributed by atoms with Crippen LogP contribution in [0, 0.1) is 0 Å². The molecule has 19 heavy (non-hydrogen) atoms. The van der Waals surface area contributed by atoms with Gasteiger partial charge >= 0.3 is 0 Å². The molecule has 0 bridgehead atoms. The van der Waals surface area contributed by atoms with Crippen molar-refractivity contribution in [2.45, 2.75) is 0 Å². The Kier molecular flexibility index (Phi) is 2.68. The van der Waals surface area contributed by atoms with E-state index < -0.39 is 0 Å². The van der Waals surface area contributed by atoms with Gasteiger partial charge in [-0.3, -0.25) is 4.79 Å². The molecule has 0 aliphatic carbocycles. The number of hydrogen-bond donors (Lipinski definition) is 2. The maximum absolute atomic E-state index is 11.9. The van der Waals surface area contributed by atoms with Crippen molar-refractivity contribution in [2.75, 3.05) is 5.73 Å². The Hall–Kier alpha value is -2.75. The molecule has 3 rings (SSSR count). The molecule has 0 unspecified atom stereocenters. The summed E-state index contributed by atoms with van der Waals surface area (Å²) in [5.74, 6) is 0.584. The summed E-state index contributed by atoms with van der Waals surface area (Å²) in [5, 5.41) is 0. The van der Waals surface area contributed by atoms with Gasteiger partial charge in [0.1, 0.15) is 11.4 Å². The fraction of sp³-hybridized carbons (Fsp3) is 0. The number of benzene rings is 1. The molecule has 4 heteroatoms. The second-order valence-corrected chi connectivity index (χ2v) is 4.18. The molecule has 94 valence electrons. The Morgan fingerprint density at radius 3 is 2.53 bits per heavy atom. The van der Waals surface area contributed by atoms with Gasteiger partial charge in [-0.2, -0.15) is 0 Å². The molecule has 0 aliphatic rings. The lowest BCUT2D eigenvalue weighted by atomic mass is 10.1. The number of nitrogens with one attached hydrogen (secondary N) is 1. The van der Waals surface area contributed by atoms with Gasteiger partial charge in [0, 0.05) is 11.3 Å². The second-order valence-electron chi connectivity index (χ2n) is 4.18. The van der Waals surface area contributed by atoms with Crippen molar-refractivity contribution in [3.63, 3.8) is 0 Å². The SMILES string of the molecule is Nc1c(-c2ccco2)cc(-c2ccccc2)[nH]c1=O. The predicted molar refractivity (Wildman–Crippen MR) is 74.6 cm³/mol. The van der Waals surface area contributed by atoms with Crippen LogP contribution in [0.2, 0.25) is 0 Å². The standard InChI is InChI=1S/C15H12N2O2/c16-14-11(13-7-4-8-19-13)9-12(17-15(14)18)10-5-2-1-3-6-10/h1-9H,16H2,(H,17,18). The minimum atomic E-state index is -0.312. The number of hydrogen-bond acceptors (Lipinski definition) is 3. The summed E-state index contributed by atoms with van der Waals surface area (Å²) in [6, 6.07) is 15.0. The molecule has 3 aromatic rings. The highest BCUT2D eigenvalue weighted by atomic mass is 16.3. The zero-order valence-corrected chi connectivity index (χ0v) is 10.1. The van der Waals surface area contributed by atoms with Crippen LogP contribution in [0.5, 0.6) is 0 Å². The van der Waals surface area contributed by atoms with Crippen LogP contribution in [-0.2, 0) is 0 Å². The maximum Gasteiger partial charge on any atom is 0.272 e. The summed E-state index contributed by atoms with van der Waals surface area (Å²) in [7, 11) is 0. The van der Waals surface area contributed by atoms with E-state index in [0.29, 0.717) is 17.0 Å². The average molecular weight is 252 g/mol. The van der Waals surface area contributed by atoms with Crippen LogP contribution in [0.25, 0.3) is 22.6 Å². The molecule has 2 aromatic heterocycles. The van der Waals surface area contributed by atoms with Crippen molar-refractivity contribution in [2.24, 2.45) is 0 Å². The Labute approximate surface area is 109 Å². The maximum atomic E-state index is 11.9. The molecule has 4 nitrogen and oxygen atoms in total. The van der Waals surface area contributed by atoms with E-state index in [1.807, 2.05) is 36.4 Å². The minimum Gasteiger partial charge on any atom is -0.464 e. The molecule has 2 heterocycles. The number of aromatic amines is 1. The van der Waals surface area contributed by atoms with E-state index in [4.69, 9.17) is 10.2 Å². The van der Waals surface area contributed by atoms with Gasteiger partial charge < -0.3 is 15.1 Å². The van der Waals surface area contributed by atoms with Crippen LogP contribution in [0.3, 0.4) is 0 Å². The Morgan fingerprint density at radius 1 is 1.05 bits per heavy atom. The van der Waals surface area contributed by atoms with Gasteiger partial charge in [-0.15, -0.1) is 0 Å². The van der Waals surface area contributed by atoms with Gasteiger partial charge in [0.25, 0.3) is 5.56 Å². The highest BCUT2D eigenvalue weighted by Crippen LogP contribution is 2.27. The van der Waals surface area contributed by atoms with Crippen molar-refractivity contribution in [3.05, 3.63) is 65.1 Å². The first kappa shape index (κ1) is 11.3. The van der Waals surface area contributed by atoms with Crippen molar-refractivity contribution in [1.82, 2.24) is 4.98 Å². The van der Waals surface area contributed by atoms with E-state index in [-0.39, 0.29) is 11.2 Å². The number of anilines is 1. The van der Waals surface area contributed by atoms with Crippen LogP contribution < -0.4 is 11.3 Å². The van der Waals surface area contributed by atoms with E-state index >= 15 is 0 Å². The highest BCUT2D eigenvalue weighted by Gasteiger charge is 2.11. The smallest absolute Gasteiger partial charge is 0.272 e. The third kappa shape index (κ3) is 2.04. The highest BCUT2D eigenvalue weighted by molar-refractivity contribution is 5.76. The lowest BCUT2D eigenvalue weighted by Crippen LogP contribution is -2.13. The van der Waals surface area contributed by atoms with Gasteiger partial charge in [0.15, 0.2) is 0 Å². The average Bonchev–Trinajstić information content (AvgIpc) is 2.96. The van der Waals surface area contributed by atoms with Crippen molar-refractivity contribution >= 4 is 5.69 Å². The molecule has 0 atom stereocenters. The number of furan rings is 1. The first-order valence-electron chi connectivity index (χ1n) is 5.88. The molecule has 0 saturated heterocycles. The van der Waals surface area contributed by atoms with Gasteiger partial charge in [0.05, 0.1) is 6.26 Å². The van der Waals surface area contributed by atoms with Crippen molar-refractivity contribution in [1.29, 1.82) is 0 Å². The van der Waals surface area contributed by atoms with Crippen molar-refractivity contribution < 1.29 is 4.42 Å². The zero-order valence-electron chi connectivity index (χ0n) is 10.1. The normalized spacial score (nSPS) is 10.5. The molecule has 0 spiro atoms.